The number of aliphatic hydroxyl groups is 1. The van der Waals surface area contributed by atoms with Crippen molar-refractivity contribution in [1.29, 1.82) is 5.26 Å². The van der Waals surface area contributed by atoms with Crippen LogP contribution in [0.2, 0.25) is 0 Å². The van der Waals surface area contributed by atoms with E-state index in [1.807, 2.05) is 38.1 Å². The highest BCUT2D eigenvalue weighted by molar-refractivity contribution is 8.03. The van der Waals surface area contributed by atoms with Crippen molar-refractivity contribution in [3.63, 3.8) is 0 Å². The quantitative estimate of drug-likeness (QED) is 0.759. The number of fused-ring (bicyclic) bond motifs is 1. The van der Waals surface area contributed by atoms with Gasteiger partial charge in [-0.25, -0.2) is 0 Å². The smallest absolute Gasteiger partial charge is 0.231 e. The van der Waals surface area contributed by atoms with Gasteiger partial charge in [-0.05, 0) is 43.7 Å². The predicted molar refractivity (Wildman–Crippen MR) is 118 cm³/mol. The Morgan fingerprint density at radius 1 is 1.16 bits per heavy atom. The van der Waals surface area contributed by atoms with E-state index in [1.165, 1.54) is 16.7 Å². The standard InChI is InChI=1S/C24H24N2O4S/c1-15(2)30-19-8-4-16(5-9-19)20-12-22(27)26-23(21(20)13-25)31-14-24(26,28)17-6-10-18(29-3)11-7-17/h4-11,15,20,28H,12,14H2,1-3H3/t20-,24+/m1/s1. The number of hydrogen-bond donors (Lipinski definition) is 1. The molecule has 0 aliphatic carbocycles. The van der Waals surface area contributed by atoms with Gasteiger partial charge in [0.15, 0.2) is 5.72 Å². The number of rotatable bonds is 5. The van der Waals surface area contributed by atoms with E-state index in [2.05, 4.69) is 6.07 Å². The molecule has 2 aromatic rings. The molecule has 31 heavy (non-hydrogen) atoms. The maximum Gasteiger partial charge on any atom is 0.231 e. The summed E-state index contributed by atoms with van der Waals surface area (Å²) in [5.74, 6) is 1.13. The number of nitrogens with zero attached hydrogens (tertiary/aromatic N) is 2. The van der Waals surface area contributed by atoms with Crippen LogP contribution in [-0.4, -0.2) is 34.9 Å². The van der Waals surface area contributed by atoms with E-state index in [0.717, 1.165) is 11.3 Å². The molecule has 0 spiro atoms. The van der Waals surface area contributed by atoms with Crippen molar-refractivity contribution >= 4 is 17.7 Å². The lowest BCUT2D eigenvalue weighted by molar-refractivity contribution is -0.149. The Balaban J connectivity index is 1.69. The van der Waals surface area contributed by atoms with Crippen LogP contribution in [0.5, 0.6) is 11.5 Å². The lowest BCUT2D eigenvalue weighted by atomic mass is 9.85. The molecule has 160 valence electrons. The summed E-state index contributed by atoms with van der Waals surface area (Å²) in [6.45, 7) is 3.92. The largest absolute Gasteiger partial charge is 0.497 e. The Hall–Kier alpha value is -2.95. The van der Waals surface area contributed by atoms with Crippen LogP contribution in [0.4, 0.5) is 0 Å². The number of nitriles is 1. The third-order valence-corrected chi connectivity index (χ3v) is 6.74. The fourth-order valence-electron chi connectivity index (χ4n) is 4.03. The fourth-order valence-corrected chi connectivity index (χ4v) is 5.39. The van der Waals surface area contributed by atoms with Gasteiger partial charge in [0.05, 0.1) is 35.6 Å². The zero-order valence-corrected chi connectivity index (χ0v) is 18.5. The Kier molecular flexibility index (Phi) is 5.69. The minimum absolute atomic E-state index is 0.0676. The summed E-state index contributed by atoms with van der Waals surface area (Å²) < 4.78 is 10.9. The van der Waals surface area contributed by atoms with Crippen LogP contribution >= 0.6 is 11.8 Å². The second-order valence-corrected chi connectivity index (χ2v) is 8.85. The van der Waals surface area contributed by atoms with E-state index >= 15 is 0 Å². The Morgan fingerprint density at radius 3 is 2.39 bits per heavy atom. The molecule has 0 aromatic heterocycles. The third kappa shape index (κ3) is 3.78. The number of methoxy groups -OCH3 is 1. The third-order valence-electron chi connectivity index (χ3n) is 5.52. The molecular weight excluding hydrogens is 412 g/mol. The van der Waals surface area contributed by atoms with Crippen molar-refractivity contribution in [2.75, 3.05) is 12.9 Å². The molecule has 1 N–H and O–H groups in total. The van der Waals surface area contributed by atoms with Crippen molar-refractivity contribution in [2.45, 2.75) is 38.0 Å². The van der Waals surface area contributed by atoms with Crippen molar-refractivity contribution in [3.8, 4) is 17.6 Å². The number of hydrogen-bond acceptors (Lipinski definition) is 6. The molecule has 2 aromatic carbocycles. The van der Waals surface area contributed by atoms with Crippen LogP contribution < -0.4 is 9.47 Å². The molecule has 2 heterocycles. The highest BCUT2D eigenvalue weighted by Gasteiger charge is 2.51. The van der Waals surface area contributed by atoms with Gasteiger partial charge >= 0.3 is 0 Å². The maximum absolute atomic E-state index is 13.2. The first-order valence-electron chi connectivity index (χ1n) is 10.1. The number of ether oxygens (including phenoxy) is 2. The normalized spacial score (nSPS) is 23.0. The number of carbonyl (C=O) groups excluding carboxylic acids is 1. The molecule has 1 fully saturated rings. The summed E-state index contributed by atoms with van der Waals surface area (Å²) in [7, 11) is 1.57. The van der Waals surface area contributed by atoms with Crippen LogP contribution in [-0.2, 0) is 10.5 Å². The monoisotopic (exact) mass is 436 g/mol. The molecule has 1 amide bonds. The van der Waals surface area contributed by atoms with E-state index < -0.39 is 5.72 Å². The Labute approximate surface area is 186 Å². The van der Waals surface area contributed by atoms with Gasteiger partial charge in [0.1, 0.15) is 11.5 Å². The first kappa shape index (κ1) is 21.3. The van der Waals surface area contributed by atoms with Gasteiger partial charge in [-0.15, -0.1) is 11.8 Å². The maximum atomic E-state index is 13.2. The second-order valence-electron chi connectivity index (χ2n) is 7.89. The first-order chi connectivity index (χ1) is 14.9. The molecule has 7 heteroatoms. The van der Waals surface area contributed by atoms with Crippen LogP contribution in [0, 0.1) is 11.3 Å². The van der Waals surface area contributed by atoms with Gasteiger partial charge in [0.2, 0.25) is 5.91 Å². The summed E-state index contributed by atoms with van der Waals surface area (Å²) >= 11 is 1.34. The van der Waals surface area contributed by atoms with Crippen molar-refractivity contribution in [1.82, 2.24) is 4.90 Å². The number of allylic oxidation sites excluding steroid dienone is 1. The van der Waals surface area contributed by atoms with Gasteiger partial charge in [-0.2, -0.15) is 5.26 Å². The molecule has 2 aliphatic rings. The van der Waals surface area contributed by atoms with Gasteiger partial charge in [0.25, 0.3) is 0 Å². The van der Waals surface area contributed by atoms with Crippen LogP contribution in [0.1, 0.15) is 37.3 Å². The minimum atomic E-state index is -1.49. The number of benzene rings is 2. The van der Waals surface area contributed by atoms with Crippen molar-refractivity contribution in [2.24, 2.45) is 0 Å². The summed E-state index contributed by atoms with van der Waals surface area (Å²) in [6.07, 6.45) is 0.188. The van der Waals surface area contributed by atoms with Crippen molar-refractivity contribution < 1.29 is 19.4 Å². The minimum Gasteiger partial charge on any atom is -0.497 e. The number of carbonyl (C=O) groups is 1. The topological polar surface area (TPSA) is 82.8 Å². The zero-order valence-electron chi connectivity index (χ0n) is 17.7. The molecule has 0 saturated carbocycles. The average Bonchev–Trinajstić information content (AvgIpc) is 3.13. The molecule has 6 nitrogen and oxygen atoms in total. The van der Waals surface area contributed by atoms with E-state index in [-0.39, 0.29) is 30.1 Å². The molecule has 4 rings (SSSR count). The first-order valence-corrected chi connectivity index (χ1v) is 11.1. The van der Waals surface area contributed by atoms with Crippen LogP contribution in [0.15, 0.2) is 59.1 Å². The molecule has 0 unspecified atom stereocenters. The predicted octanol–water partition coefficient (Wildman–Crippen LogP) is 4.13. The zero-order chi connectivity index (χ0) is 22.2. The summed E-state index contributed by atoms with van der Waals surface area (Å²) in [4.78, 5) is 14.6. The van der Waals surface area contributed by atoms with Gasteiger partial charge in [0, 0.05) is 17.9 Å². The van der Waals surface area contributed by atoms with Gasteiger partial charge in [-0.1, -0.05) is 24.3 Å². The molecule has 1 saturated heterocycles. The summed E-state index contributed by atoms with van der Waals surface area (Å²) in [6, 6.07) is 16.8. The highest BCUT2D eigenvalue weighted by Crippen LogP contribution is 2.51. The van der Waals surface area contributed by atoms with E-state index in [0.29, 0.717) is 21.9 Å². The molecule has 0 radical (unpaired) electrons. The summed E-state index contributed by atoms with van der Waals surface area (Å²) in [5.41, 5.74) is 0.487. The van der Waals surface area contributed by atoms with E-state index in [9.17, 15) is 15.2 Å². The molecule has 2 aliphatic heterocycles. The van der Waals surface area contributed by atoms with E-state index in [4.69, 9.17) is 9.47 Å². The average molecular weight is 437 g/mol. The summed E-state index contributed by atoms with van der Waals surface area (Å²) in [5, 5.41) is 22.0. The molecular formula is C24H24N2O4S. The van der Waals surface area contributed by atoms with Crippen LogP contribution in [0.25, 0.3) is 0 Å². The SMILES string of the molecule is COc1ccc([C@@]2(O)CSC3=C(C#N)[C@@H](c4ccc(OC(C)C)cc4)CC(=O)N32)cc1. The van der Waals surface area contributed by atoms with Crippen LogP contribution in [0.3, 0.4) is 0 Å². The molecule has 0 bridgehead atoms. The number of thioether (sulfide) groups is 1. The number of amides is 1. The lowest BCUT2D eigenvalue weighted by Gasteiger charge is -2.38. The van der Waals surface area contributed by atoms with Gasteiger partial charge in [-0.3, -0.25) is 9.69 Å². The van der Waals surface area contributed by atoms with Gasteiger partial charge < -0.3 is 14.6 Å². The Bertz CT molecular complexity index is 1060. The van der Waals surface area contributed by atoms with E-state index in [1.54, 1.807) is 31.4 Å². The fraction of sp³-hybridized carbons (Fsp3) is 0.333. The highest BCUT2D eigenvalue weighted by atomic mass is 32.2. The Morgan fingerprint density at radius 2 is 1.81 bits per heavy atom. The molecule has 2 atom stereocenters. The lowest BCUT2D eigenvalue weighted by Crippen LogP contribution is -2.48. The second kappa shape index (κ2) is 8.29. The van der Waals surface area contributed by atoms with Crippen molar-refractivity contribution in [3.05, 3.63) is 70.3 Å².